The quantitative estimate of drug-likeness (QED) is 0.827. The minimum absolute atomic E-state index is 0.175. The number of carbonyl (C=O) groups excluding carboxylic acids is 1. The largest absolute Gasteiger partial charge is 0.487 e. The van der Waals surface area contributed by atoms with Gasteiger partial charge in [-0.1, -0.05) is 6.07 Å². The number of nitrogens with zero attached hydrogens (tertiary/aromatic N) is 2. The molecule has 2 aromatic rings. The smallest absolute Gasteiger partial charge is 0.272 e. The Balaban J connectivity index is 1.80. The van der Waals surface area contributed by atoms with Crippen LogP contribution >= 0.6 is 0 Å². The van der Waals surface area contributed by atoms with Crippen LogP contribution in [0.5, 0.6) is 5.75 Å². The number of anilines is 1. The number of amides is 1. The normalized spacial score (nSPS) is 16.5. The highest BCUT2D eigenvalue weighted by Crippen LogP contribution is 2.30. The van der Waals surface area contributed by atoms with Crippen LogP contribution in [-0.4, -0.2) is 41.8 Å². The summed E-state index contributed by atoms with van der Waals surface area (Å²) in [6.07, 6.45) is 2.11. The van der Waals surface area contributed by atoms with Crippen LogP contribution < -0.4 is 15.4 Å². The molecule has 0 radical (unpaired) electrons. The molecule has 0 unspecified atom stereocenters. The van der Waals surface area contributed by atoms with Crippen LogP contribution in [0.15, 0.2) is 36.7 Å². The Morgan fingerprint density at radius 1 is 1.42 bits per heavy atom. The first-order valence-electron chi connectivity index (χ1n) is 8.55. The topological polar surface area (TPSA) is 68.2 Å². The number of halogens is 2. The first kappa shape index (κ1) is 18.3. The zero-order chi connectivity index (χ0) is 18.6. The molecule has 1 aromatic heterocycles. The predicted molar refractivity (Wildman–Crippen MR) is 93.6 cm³/mol. The molecule has 0 aliphatic carbocycles. The third-order valence-electron chi connectivity index (χ3n) is 4.61. The van der Waals surface area contributed by atoms with Gasteiger partial charge in [-0.25, -0.2) is 8.78 Å². The summed E-state index contributed by atoms with van der Waals surface area (Å²) in [4.78, 5) is 13.1. The Kier molecular flexibility index (Phi) is 5.51. The third kappa shape index (κ3) is 3.85. The summed E-state index contributed by atoms with van der Waals surface area (Å²) in [7, 11) is 0. The lowest BCUT2D eigenvalue weighted by Crippen LogP contribution is -2.52. The van der Waals surface area contributed by atoms with E-state index in [-0.39, 0.29) is 5.91 Å². The Labute approximate surface area is 150 Å². The van der Waals surface area contributed by atoms with Gasteiger partial charge in [-0.05, 0) is 50.6 Å². The SMILES string of the molecule is Cc1ccc(NC(=O)C2(n3cccn3)CCNCC2)cc1OCC(F)F. The van der Waals surface area contributed by atoms with E-state index in [9.17, 15) is 13.6 Å². The Hall–Kier alpha value is -2.48. The van der Waals surface area contributed by atoms with Crippen LogP contribution in [0.3, 0.4) is 0 Å². The molecule has 1 fully saturated rings. The number of piperidine rings is 1. The number of aryl methyl sites for hydroxylation is 1. The van der Waals surface area contributed by atoms with Crippen LogP contribution in [-0.2, 0) is 10.3 Å². The molecule has 3 rings (SSSR count). The summed E-state index contributed by atoms with van der Waals surface area (Å²) in [5.74, 6) is 0.160. The molecule has 1 saturated heterocycles. The van der Waals surface area contributed by atoms with Crippen molar-refractivity contribution < 1.29 is 18.3 Å². The molecule has 0 saturated carbocycles. The molecule has 1 aromatic carbocycles. The van der Waals surface area contributed by atoms with Crippen molar-refractivity contribution in [2.45, 2.75) is 31.7 Å². The van der Waals surface area contributed by atoms with Crippen molar-refractivity contribution in [2.75, 3.05) is 25.0 Å². The summed E-state index contributed by atoms with van der Waals surface area (Å²) in [6, 6.07) is 6.84. The molecule has 6 nitrogen and oxygen atoms in total. The number of nitrogens with one attached hydrogen (secondary N) is 2. The molecular weight excluding hydrogens is 342 g/mol. The summed E-state index contributed by atoms with van der Waals surface area (Å²) in [5, 5.41) is 10.4. The molecule has 0 bridgehead atoms. The summed E-state index contributed by atoms with van der Waals surface area (Å²) >= 11 is 0. The molecule has 1 aliphatic heterocycles. The zero-order valence-corrected chi connectivity index (χ0v) is 14.5. The molecule has 8 heteroatoms. The monoisotopic (exact) mass is 364 g/mol. The van der Waals surface area contributed by atoms with Crippen molar-refractivity contribution in [1.82, 2.24) is 15.1 Å². The van der Waals surface area contributed by atoms with E-state index in [2.05, 4.69) is 15.7 Å². The van der Waals surface area contributed by atoms with Gasteiger partial charge in [0.15, 0.2) is 0 Å². The molecule has 1 amide bonds. The Bertz CT molecular complexity index is 744. The molecule has 2 heterocycles. The van der Waals surface area contributed by atoms with E-state index in [1.807, 2.05) is 0 Å². The van der Waals surface area contributed by atoms with Gasteiger partial charge in [0.1, 0.15) is 17.9 Å². The van der Waals surface area contributed by atoms with E-state index in [4.69, 9.17) is 4.74 Å². The van der Waals surface area contributed by atoms with Crippen LogP contribution in [0.2, 0.25) is 0 Å². The van der Waals surface area contributed by atoms with Gasteiger partial charge in [0, 0.05) is 24.1 Å². The van der Waals surface area contributed by atoms with Crippen LogP contribution in [0.25, 0.3) is 0 Å². The maximum Gasteiger partial charge on any atom is 0.272 e. The second-order valence-corrected chi connectivity index (χ2v) is 6.37. The minimum atomic E-state index is -2.55. The summed E-state index contributed by atoms with van der Waals surface area (Å²) in [5.41, 5.74) is 0.464. The van der Waals surface area contributed by atoms with Gasteiger partial charge in [0.05, 0.1) is 0 Å². The van der Waals surface area contributed by atoms with E-state index >= 15 is 0 Å². The Morgan fingerprint density at radius 2 is 2.19 bits per heavy atom. The van der Waals surface area contributed by atoms with Crippen molar-refractivity contribution in [2.24, 2.45) is 0 Å². The van der Waals surface area contributed by atoms with Gasteiger partial charge in [0.2, 0.25) is 0 Å². The standard InChI is InChI=1S/C18H22F2N4O2/c1-13-3-4-14(11-15(13)26-12-16(19)20)23-17(25)18(5-8-21-9-6-18)24-10-2-7-22-24/h2-4,7,10-11,16,21H,5-6,8-9,12H2,1H3,(H,23,25). The maximum atomic E-state index is 13.1. The van der Waals surface area contributed by atoms with E-state index in [0.717, 1.165) is 5.56 Å². The van der Waals surface area contributed by atoms with Crippen LogP contribution in [0.1, 0.15) is 18.4 Å². The highest BCUT2D eigenvalue weighted by Gasteiger charge is 2.42. The predicted octanol–water partition coefficient (Wildman–Crippen LogP) is 2.55. The highest BCUT2D eigenvalue weighted by molar-refractivity contribution is 5.97. The zero-order valence-electron chi connectivity index (χ0n) is 14.5. The summed E-state index contributed by atoms with van der Waals surface area (Å²) in [6.45, 7) is 2.51. The number of rotatable bonds is 6. The van der Waals surface area contributed by atoms with Crippen molar-refractivity contribution in [3.05, 3.63) is 42.2 Å². The highest BCUT2D eigenvalue weighted by atomic mass is 19.3. The lowest BCUT2D eigenvalue weighted by Gasteiger charge is -2.36. The number of benzene rings is 1. The average molecular weight is 364 g/mol. The number of hydrogen-bond donors (Lipinski definition) is 2. The molecule has 140 valence electrons. The molecule has 26 heavy (non-hydrogen) atoms. The number of alkyl halides is 2. The molecule has 1 aliphatic rings. The number of hydrogen-bond acceptors (Lipinski definition) is 4. The Morgan fingerprint density at radius 3 is 2.85 bits per heavy atom. The van der Waals surface area contributed by atoms with Gasteiger partial charge >= 0.3 is 0 Å². The fourth-order valence-corrected chi connectivity index (χ4v) is 3.16. The number of aromatic nitrogens is 2. The minimum Gasteiger partial charge on any atom is -0.487 e. The second kappa shape index (κ2) is 7.82. The van der Waals surface area contributed by atoms with E-state index < -0.39 is 18.6 Å². The second-order valence-electron chi connectivity index (χ2n) is 6.37. The molecule has 2 N–H and O–H groups in total. The van der Waals surface area contributed by atoms with Crippen molar-refractivity contribution in [3.8, 4) is 5.75 Å². The first-order chi connectivity index (χ1) is 12.5. The average Bonchev–Trinajstić information content (AvgIpc) is 3.17. The number of carbonyl (C=O) groups is 1. The lowest BCUT2D eigenvalue weighted by molar-refractivity contribution is -0.126. The van der Waals surface area contributed by atoms with E-state index in [1.54, 1.807) is 48.3 Å². The molecule has 0 spiro atoms. The van der Waals surface area contributed by atoms with Gasteiger partial charge in [-0.2, -0.15) is 5.10 Å². The molecule has 0 atom stereocenters. The maximum absolute atomic E-state index is 13.1. The van der Waals surface area contributed by atoms with Crippen molar-refractivity contribution in [3.63, 3.8) is 0 Å². The van der Waals surface area contributed by atoms with E-state index in [0.29, 0.717) is 37.4 Å². The van der Waals surface area contributed by atoms with Gasteiger partial charge in [0.25, 0.3) is 12.3 Å². The van der Waals surface area contributed by atoms with Crippen molar-refractivity contribution in [1.29, 1.82) is 0 Å². The van der Waals surface area contributed by atoms with Gasteiger partial charge in [-0.3, -0.25) is 9.48 Å². The lowest BCUT2D eigenvalue weighted by atomic mass is 9.87. The van der Waals surface area contributed by atoms with Gasteiger partial charge in [-0.15, -0.1) is 0 Å². The fraction of sp³-hybridized carbons (Fsp3) is 0.444. The van der Waals surface area contributed by atoms with E-state index in [1.165, 1.54) is 0 Å². The van der Waals surface area contributed by atoms with Crippen LogP contribution in [0, 0.1) is 6.92 Å². The van der Waals surface area contributed by atoms with Gasteiger partial charge < -0.3 is 15.4 Å². The third-order valence-corrected chi connectivity index (χ3v) is 4.61. The first-order valence-corrected chi connectivity index (χ1v) is 8.55. The number of ether oxygens (including phenoxy) is 1. The van der Waals surface area contributed by atoms with Crippen molar-refractivity contribution >= 4 is 11.6 Å². The van der Waals surface area contributed by atoms with Crippen LogP contribution in [0.4, 0.5) is 14.5 Å². The summed E-state index contributed by atoms with van der Waals surface area (Å²) < 4.78 is 31.6. The molecular formula is C18H22F2N4O2. The fourth-order valence-electron chi connectivity index (χ4n) is 3.16.